The van der Waals surface area contributed by atoms with Crippen molar-refractivity contribution in [3.63, 3.8) is 0 Å². The van der Waals surface area contributed by atoms with Crippen molar-refractivity contribution in [2.75, 3.05) is 19.6 Å². The molecule has 1 saturated heterocycles. The van der Waals surface area contributed by atoms with E-state index in [0.717, 1.165) is 43.1 Å². The summed E-state index contributed by atoms with van der Waals surface area (Å²) in [6.07, 6.45) is 2.10. The molecule has 0 aromatic heterocycles. The van der Waals surface area contributed by atoms with E-state index in [4.69, 9.17) is 11.6 Å². The third kappa shape index (κ3) is 2.69. The van der Waals surface area contributed by atoms with Crippen molar-refractivity contribution in [1.82, 2.24) is 10.2 Å². The van der Waals surface area contributed by atoms with E-state index in [1.54, 1.807) is 0 Å². The number of carbonyl (C=O) groups is 1. The van der Waals surface area contributed by atoms with E-state index >= 15 is 0 Å². The minimum atomic E-state index is 0.0571. The predicted molar refractivity (Wildman–Crippen MR) is 85.3 cm³/mol. The van der Waals surface area contributed by atoms with Crippen LogP contribution in [-0.2, 0) is 4.79 Å². The van der Waals surface area contributed by atoms with Crippen molar-refractivity contribution in [2.45, 2.75) is 32.7 Å². The van der Waals surface area contributed by atoms with E-state index in [1.165, 1.54) is 0 Å². The molecule has 1 N–H and O–H groups in total. The predicted octanol–water partition coefficient (Wildman–Crippen LogP) is 3.25. The Kier molecular flexibility index (Phi) is 3.98. The zero-order valence-electron chi connectivity index (χ0n) is 12.7. The monoisotopic (exact) mass is 306 g/mol. The van der Waals surface area contributed by atoms with Crippen LogP contribution in [0.2, 0.25) is 5.02 Å². The van der Waals surface area contributed by atoms with Gasteiger partial charge in [-0.25, -0.2) is 0 Å². The highest BCUT2D eigenvalue weighted by Gasteiger charge is 2.54. The fraction of sp³-hybridized carbons (Fsp3) is 0.588. The van der Waals surface area contributed by atoms with Gasteiger partial charge in [0.2, 0.25) is 5.91 Å². The molecule has 0 radical (unpaired) electrons. The van der Waals surface area contributed by atoms with Crippen molar-refractivity contribution in [2.24, 2.45) is 11.3 Å². The molecule has 1 aromatic rings. The van der Waals surface area contributed by atoms with Crippen LogP contribution in [-0.4, -0.2) is 30.4 Å². The minimum Gasteiger partial charge on any atom is -0.333 e. The summed E-state index contributed by atoms with van der Waals surface area (Å²) in [5.41, 5.74) is 1.27. The average molecular weight is 307 g/mol. The van der Waals surface area contributed by atoms with E-state index in [0.29, 0.717) is 5.91 Å². The first-order valence-electron chi connectivity index (χ1n) is 7.82. The molecule has 21 heavy (non-hydrogen) atoms. The Morgan fingerprint density at radius 1 is 1.48 bits per heavy atom. The lowest BCUT2D eigenvalue weighted by molar-refractivity contribution is -0.136. The maximum absolute atomic E-state index is 12.9. The Bertz CT molecular complexity index is 547. The summed E-state index contributed by atoms with van der Waals surface area (Å²) in [7, 11) is 0. The highest BCUT2D eigenvalue weighted by atomic mass is 35.5. The minimum absolute atomic E-state index is 0.0571. The number of nitrogens with zero attached hydrogens (tertiary/aromatic N) is 1. The van der Waals surface area contributed by atoms with Gasteiger partial charge in [-0.15, -0.1) is 0 Å². The van der Waals surface area contributed by atoms with Crippen molar-refractivity contribution in [3.8, 4) is 0 Å². The van der Waals surface area contributed by atoms with Crippen LogP contribution in [0.4, 0.5) is 0 Å². The van der Waals surface area contributed by atoms with Crippen LogP contribution in [0.1, 0.15) is 38.3 Å². The molecule has 1 aromatic carbocycles. The second kappa shape index (κ2) is 5.62. The molecular formula is C17H23ClN2O. The topological polar surface area (TPSA) is 32.3 Å². The van der Waals surface area contributed by atoms with Crippen LogP contribution in [0.25, 0.3) is 0 Å². The van der Waals surface area contributed by atoms with Crippen LogP contribution in [0.5, 0.6) is 0 Å². The first-order valence-corrected chi connectivity index (χ1v) is 8.20. The van der Waals surface area contributed by atoms with E-state index < -0.39 is 0 Å². The summed E-state index contributed by atoms with van der Waals surface area (Å²) < 4.78 is 0. The van der Waals surface area contributed by atoms with Crippen LogP contribution in [0, 0.1) is 11.3 Å². The van der Waals surface area contributed by atoms with Gasteiger partial charge < -0.3 is 10.2 Å². The number of piperazine rings is 1. The first kappa shape index (κ1) is 14.9. The molecule has 0 bridgehead atoms. The summed E-state index contributed by atoms with van der Waals surface area (Å²) in [6, 6.07) is 7.92. The fourth-order valence-electron chi connectivity index (χ4n) is 3.37. The molecule has 0 spiro atoms. The summed E-state index contributed by atoms with van der Waals surface area (Å²) in [5.74, 6) is 0.511. The zero-order valence-corrected chi connectivity index (χ0v) is 13.5. The Labute approximate surface area is 131 Å². The van der Waals surface area contributed by atoms with E-state index in [-0.39, 0.29) is 17.4 Å². The molecular weight excluding hydrogens is 284 g/mol. The van der Waals surface area contributed by atoms with Crippen molar-refractivity contribution in [3.05, 3.63) is 34.9 Å². The lowest BCUT2D eigenvalue weighted by atomic mass is 9.99. The smallest absolute Gasteiger partial charge is 0.226 e. The molecule has 3 rings (SSSR count). The molecule has 2 aliphatic rings. The number of carbonyl (C=O) groups excluding carboxylic acids is 1. The van der Waals surface area contributed by atoms with Gasteiger partial charge in [-0.1, -0.05) is 43.6 Å². The molecule has 3 atom stereocenters. The SMILES string of the molecule is CCC1(C)CC1C(=O)N1CCNCC1c1ccccc1Cl. The molecule has 4 heteroatoms. The van der Waals surface area contributed by atoms with E-state index in [9.17, 15) is 4.79 Å². The molecule has 3 nitrogen and oxygen atoms in total. The van der Waals surface area contributed by atoms with Gasteiger partial charge in [0, 0.05) is 30.6 Å². The lowest BCUT2D eigenvalue weighted by Crippen LogP contribution is -2.49. The zero-order chi connectivity index (χ0) is 15.0. The van der Waals surface area contributed by atoms with Gasteiger partial charge in [0.1, 0.15) is 0 Å². The molecule has 1 aliphatic heterocycles. The van der Waals surface area contributed by atoms with Gasteiger partial charge in [0.15, 0.2) is 0 Å². The summed E-state index contributed by atoms with van der Waals surface area (Å²) in [6.45, 7) is 6.82. The van der Waals surface area contributed by atoms with Gasteiger partial charge in [-0.3, -0.25) is 4.79 Å². The third-order valence-electron chi connectivity index (χ3n) is 5.25. The third-order valence-corrected chi connectivity index (χ3v) is 5.59. The van der Waals surface area contributed by atoms with Crippen LogP contribution < -0.4 is 5.32 Å². The summed E-state index contributed by atoms with van der Waals surface area (Å²) in [4.78, 5) is 14.9. The second-order valence-corrected chi connectivity index (χ2v) is 6.94. The quantitative estimate of drug-likeness (QED) is 0.929. The van der Waals surface area contributed by atoms with Crippen molar-refractivity contribution in [1.29, 1.82) is 0 Å². The highest BCUT2D eigenvalue weighted by molar-refractivity contribution is 6.31. The second-order valence-electron chi connectivity index (χ2n) is 6.54. The van der Waals surface area contributed by atoms with Crippen LogP contribution >= 0.6 is 11.6 Å². The normalized spacial score (nSPS) is 32.0. The number of amides is 1. The van der Waals surface area contributed by atoms with E-state index in [2.05, 4.69) is 19.2 Å². The molecule has 2 fully saturated rings. The maximum Gasteiger partial charge on any atom is 0.226 e. The Hall–Kier alpha value is -1.06. The Morgan fingerprint density at radius 2 is 2.24 bits per heavy atom. The van der Waals surface area contributed by atoms with Gasteiger partial charge >= 0.3 is 0 Å². The van der Waals surface area contributed by atoms with Crippen LogP contribution in [0.3, 0.4) is 0 Å². The maximum atomic E-state index is 12.9. The number of rotatable bonds is 3. The number of nitrogens with one attached hydrogen (secondary N) is 1. The average Bonchev–Trinajstić information content (AvgIpc) is 3.20. The van der Waals surface area contributed by atoms with Crippen molar-refractivity contribution < 1.29 is 4.79 Å². The number of hydrogen-bond donors (Lipinski definition) is 1. The van der Waals surface area contributed by atoms with Gasteiger partial charge in [0.25, 0.3) is 0 Å². The molecule has 1 heterocycles. The molecule has 3 unspecified atom stereocenters. The van der Waals surface area contributed by atoms with Crippen LogP contribution in [0.15, 0.2) is 24.3 Å². The Balaban J connectivity index is 1.83. The molecule has 1 amide bonds. The number of halogens is 1. The van der Waals surface area contributed by atoms with Gasteiger partial charge in [-0.05, 0) is 29.9 Å². The largest absolute Gasteiger partial charge is 0.333 e. The summed E-state index contributed by atoms with van der Waals surface area (Å²) >= 11 is 6.34. The van der Waals surface area contributed by atoms with Crippen molar-refractivity contribution >= 4 is 17.5 Å². The van der Waals surface area contributed by atoms with E-state index in [1.807, 2.05) is 29.2 Å². The standard InChI is InChI=1S/C17H23ClN2O/c1-3-17(2)10-13(17)16(21)20-9-8-19-11-15(20)12-6-4-5-7-14(12)18/h4-7,13,15,19H,3,8-11H2,1-2H3. The molecule has 1 aliphatic carbocycles. The van der Waals surface area contributed by atoms with Gasteiger partial charge in [0.05, 0.1) is 6.04 Å². The number of benzene rings is 1. The fourth-order valence-corrected chi connectivity index (χ4v) is 3.64. The van der Waals surface area contributed by atoms with Gasteiger partial charge in [-0.2, -0.15) is 0 Å². The first-order chi connectivity index (χ1) is 10.1. The highest BCUT2D eigenvalue weighted by Crippen LogP contribution is 2.56. The number of hydrogen-bond acceptors (Lipinski definition) is 2. The molecule has 1 saturated carbocycles. The lowest BCUT2D eigenvalue weighted by Gasteiger charge is -2.37. The summed E-state index contributed by atoms with van der Waals surface area (Å²) in [5, 5.41) is 4.14. The molecule has 114 valence electrons. The Morgan fingerprint density at radius 3 is 2.90 bits per heavy atom.